The van der Waals surface area contributed by atoms with Gasteiger partial charge in [0.05, 0.1) is 5.75 Å². The molecule has 1 aromatic heterocycles. The van der Waals surface area contributed by atoms with Crippen LogP contribution < -0.4 is 5.32 Å². The van der Waals surface area contributed by atoms with E-state index in [1.54, 1.807) is 4.90 Å². The number of aromatic nitrogens is 2. The summed E-state index contributed by atoms with van der Waals surface area (Å²) in [5, 5.41) is 12.7. The third-order valence-corrected chi connectivity index (χ3v) is 5.68. The first kappa shape index (κ1) is 18.7. The van der Waals surface area contributed by atoms with Crippen LogP contribution in [0.15, 0.2) is 58.9 Å². The van der Waals surface area contributed by atoms with E-state index < -0.39 is 0 Å². The van der Waals surface area contributed by atoms with Gasteiger partial charge in [0, 0.05) is 24.3 Å². The molecule has 1 amide bonds. The normalized spacial score (nSPS) is 10.5. The van der Waals surface area contributed by atoms with Crippen LogP contribution in [0.1, 0.15) is 5.56 Å². The van der Waals surface area contributed by atoms with Gasteiger partial charge in [-0.1, -0.05) is 71.1 Å². The third kappa shape index (κ3) is 5.45. The van der Waals surface area contributed by atoms with Crippen molar-refractivity contribution in [2.75, 3.05) is 18.1 Å². The van der Waals surface area contributed by atoms with Gasteiger partial charge in [0.2, 0.25) is 11.0 Å². The van der Waals surface area contributed by atoms with Gasteiger partial charge in [-0.2, -0.15) is 0 Å². The van der Waals surface area contributed by atoms with E-state index in [1.807, 2.05) is 61.6 Å². The first-order chi connectivity index (χ1) is 12.6. The lowest BCUT2D eigenvalue weighted by molar-refractivity contribution is -0.127. The van der Waals surface area contributed by atoms with E-state index in [9.17, 15) is 4.79 Å². The second-order valence-electron chi connectivity index (χ2n) is 5.53. The number of carbonyl (C=O) groups excluding carboxylic acids is 1. The van der Waals surface area contributed by atoms with Gasteiger partial charge in [0.15, 0.2) is 4.34 Å². The van der Waals surface area contributed by atoms with Gasteiger partial charge in [-0.05, 0) is 23.8 Å². The summed E-state index contributed by atoms with van der Waals surface area (Å²) in [6.45, 7) is 0.595. The molecule has 2 aromatic carbocycles. The Morgan fingerprint density at radius 3 is 2.77 bits per heavy atom. The van der Waals surface area contributed by atoms with Crippen molar-refractivity contribution in [1.29, 1.82) is 0 Å². The van der Waals surface area contributed by atoms with Gasteiger partial charge in [0.1, 0.15) is 0 Å². The summed E-state index contributed by atoms with van der Waals surface area (Å²) in [4.78, 5) is 14.0. The van der Waals surface area contributed by atoms with E-state index in [-0.39, 0.29) is 5.91 Å². The predicted molar refractivity (Wildman–Crippen MR) is 108 cm³/mol. The molecule has 0 aliphatic heterocycles. The molecule has 8 heteroatoms. The molecule has 0 radical (unpaired) electrons. The Morgan fingerprint density at radius 2 is 2.00 bits per heavy atom. The number of thioether (sulfide) groups is 1. The van der Waals surface area contributed by atoms with Crippen molar-refractivity contribution in [3.63, 3.8) is 0 Å². The molecule has 0 saturated heterocycles. The molecular formula is C18H17ClN4OS2. The molecule has 0 bridgehead atoms. The average Bonchev–Trinajstić information content (AvgIpc) is 3.08. The van der Waals surface area contributed by atoms with Crippen molar-refractivity contribution < 1.29 is 4.79 Å². The van der Waals surface area contributed by atoms with Crippen molar-refractivity contribution in [2.45, 2.75) is 10.9 Å². The zero-order chi connectivity index (χ0) is 18.4. The quantitative estimate of drug-likeness (QED) is 0.579. The Labute approximate surface area is 165 Å². The molecular weight excluding hydrogens is 388 g/mol. The topological polar surface area (TPSA) is 58.1 Å². The number of carbonyl (C=O) groups is 1. The van der Waals surface area contributed by atoms with Crippen molar-refractivity contribution in [1.82, 2.24) is 15.1 Å². The predicted octanol–water partition coefficient (Wildman–Crippen LogP) is 4.69. The Hall–Kier alpha value is -2.09. The number of hydrogen-bond acceptors (Lipinski definition) is 6. The van der Waals surface area contributed by atoms with Gasteiger partial charge in [-0.15, -0.1) is 10.2 Å². The molecule has 0 spiro atoms. The second-order valence-corrected chi connectivity index (χ2v) is 8.17. The number of nitrogens with one attached hydrogen (secondary N) is 1. The molecule has 0 aliphatic carbocycles. The fourth-order valence-electron chi connectivity index (χ4n) is 2.19. The molecule has 5 nitrogen and oxygen atoms in total. The van der Waals surface area contributed by atoms with Crippen molar-refractivity contribution in [3.05, 3.63) is 65.2 Å². The minimum absolute atomic E-state index is 0.0541. The fourth-order valence-corrected chi connectivity index (χ4v) is 4.09. The SMILES string of the molecule is CN(Cc1ccccc1)C(=O)CSc1nnc(Nc2cccc(Cl)c2)s1. The highest BCUT2D eigenvalue weighted by atomic mass is 35.5. The van der Waals surface area contributed by atoms with Crippen molar-refractivity contribution in [3.8, 4) is 0 Å². The third-order valence-electron chi connectivity index (χ3n) is 3.49. The highest BCUT2D eigenvalue weighted by molar-refractivity contribution is 8.01. The zero-order valence-corrected chi connectivity index (χ0v) is 16.4. The van der Waals surface area contributed by atoms with Gasteiger partial charge < -0.3 is 10.2 Å². The summed E-state index contributed by atoms with van der Waals surface area (Å²) in [7, 11) is 1.81. The summed E-state index contributed by atoms with van der Waals surface area (Å²) in [6, 6.07) is 17.3. The maximum atomic E-state index is 12.3. The smallest absolute Gasteiger partial charge is 0.233 e. The van der Waals surface area contributed by atoms with Crippen LogP contribution >= 0.6 is 34.7 Å². The zero-order valence-electron chi connectivity index (χ0n) is 14.1. The maximum Gasteiger partial charge on any atom is 0.233 e. The van der Waals surface area contributed by atoms with Crippen LogP contribution in [0.2, 0.25) is 5.02 Å². The highest BCUT2D eigenvalue weighted by Gasteiger charge is 2.12. The van der Waals surface area contributed by atoms with E-state index in [2.05, 4.69) is 15.5 Å². The first-order valence-electron chi connectivity index (χ1n) is 7.87. The molecule has 0 fully saturated rings. The summed E-state index contributed by atoms with van der Waals surface area (Å²) in [5.74, 6) is 0.383. The summed E-state index contributed by atoms with van der Waals surface area (Å²) in [6.07, 6.45) is 0. The average molecular weight is 405 g/mol. The second kappa shape index (κ2) is 9.02. The number of hydrogen-bond donors (Lipinski definition) is 1. The van der Waals surface area contributed by atoms with Gasteiger partial charge >= 0.3 is 0 Å². The van der Waals surface area contributed by atoms with Crippen molar-refractivity contribution >= 4 is 51.4 Å². The van der Waals surface area contributed by atoms with Crippen LogP contribution in [0, 0.1) is 0 Å². The van der Waals surface area contributed by atoms with Gasteiger partial charge in [-0.25, -0.2) is 0 Å². The van der Waals surface area contributed by atoms with Gasteiger partial charge in [0.25, 0.3) is 0 Å². The summed E-state index contributed by atoms with van der Waals surface area (Å²) in [5.41, 5.74) is 1.96. The van der Waals surface area contributed by atoms with Crippen LogP contribution in [-0.4, -0.2) is 33.8 Å². The van der Waals surface area contributed by atoms with Crippen LogP contribution in [0.25, 0.3) is 0 Å². The Bertz CT molecular complexity index is 872. The van der Waals surface area contributed by atoms with E-state index in [4.69, 9.17) is 11.6 Å². The van der Waals surface area contributed by atoms with E-state index in [0.717, 1.165) is 15.6 Å². The molecule has 0 atom stereocenters. The van der Waals surface area contributed by atoms with E-state index in [1.165, 1.54) is 23.1 Å². The lowest BCUT2D eigenvalue weighted by atomic mass is 10.2. The van der Waals surface area contributed by atoms with Crippen LogP contribution in [0.5, 0.6) is 0 Å². The molecule has 0 aliphatic rings. The number of anilines is 2. The Balaban J connectivity index is 1.50. The summed E-state index contributed by atoms with van der Waals surface area (Å²) < 4.78 is 0.746. The number of benzene rings is 2. The van der Waals surface area contributed by atoms with Crippen LogP contribution in [-0.2, 0) is 11.3 Å². The van der Waals surface area contributed by atoms with Gasteiger partial charge in [-0.3, -0.25) is 4.79 Å². The van der Waals surface area contributed by atoms with E-state index >= 15 is 0 Å². The molecule has 0 unspecified atom stereocenters. The monoisotopic (exact) mass is 404 g/mol. The molecule has 134 valence electrons. The van der Waals surface area contributed by atoms with Crippen LogP contribution in [0.3, 0.4) is 0 Å². The molecule has 0 saturated carbocycles. The lowest BCUT2D eigenvalue weighted by Gasteiger charge is -2.16. The lowest BCUT2D eigenvalue weighted by Crippen LogP contribution is -2.27. The van der Waals surface area contributed by atoms with Crippen molar-refractivity contribution in [2.24, 2.45) is 0 Å². The number of rotatable bonds is 7. The number of amides is 1. The first-order valence-corrected chi connectivity index (χ1v) is 10.0. The van der Waals surface area contributed by atoms with E-state index in [0.29, 0.717) is 22.5 Å². The number of nitrogens with zero attached hydrogens (tertiary/aromatic N) is 3. The molecule has 3 aromatic rings. The largest absolute Gasteiger partial charge is 0.341 e. The Morgan fingerprint density at radius 1 is 1.19 bits per heavy atom. The summed E-state index contributed by atoms with van der Waals surface area (Å²) >= 11 is 8.77. The highest BCUT2D eigenvalue weighted by Crippen LogP contribution is 2.28. The standard InChI is InChI=1S/C18H17ClN4OS2/c1-23(11-13-6-3-2-4-7-13)16(24)12-25-18-22-21-17(26-18)20-15-9-5-8-14(19)10-15/h2-10H,11-12H2,1H3,(H,20,21). The molecule has 26 heavy (non-hydrogen) atoms. The number of halogens is 1. The molecule has 3 rings (SSSR count). The Kier molecular flexibility index (Phi) is 6.49. The minimum atomic E-state index is 0.0541. The fraction of sp³-hybridized carbons (Fsp3) is 0.167. The molecule has 1 N–H and O–H groups in total. The molecule has 1 heterocycles. The minimum Gasteiger partial charge on any atom is -0.341 e. The maximum absolute atomic E-state index is 12.3. The van der Waals surface area contributed by atoms with Crippen LogP contribution in [0.4, 0.5) is 10.8 Å².